The summed E-state index contributed by atoms with van der Waals surface area (Å²) < 4.78 is 38.4. The molecule has 0 aliphatic rings. The van der Waals surface area contributed by atoms with Crippen LogP contribution in [0.2, 0.25) is 0 Å². The highest BCUT2D eigenvalue weighted by molar-refractivity contribution is 5.20. The van der Waals surface area contributed by atoms with Gasteiger partial charge in [-0.05, 0) is 18.5 Å². The van der Waals surface area contributed by atoms with Crippen LogP contribution in [0.3, 0.4) is 0 Å². The number of unbranched alkanes of at least 4 members (excludes halogenated alkanes) is 1. The van der Waals surface area contributed by atoms with E-state index in [9.17, 15) is 13.2 Å². The van der Waals surface area contributed by atoms with Gasteiger partial charge in [0.25, 0.3) is 0 Å². The Bertz CT molecular complexity index is 364. The first-order valence-electron chi connectivity index (χ1n) is 5.34. The van der Waals surface area contributed by atoms with Gasteiger partial charge in [0, 0.05) is 6.42 Å². The number of rotatable bonds is 5. The van der Waals surface area contributed by atoms with Gasteiger partial charge in [-0.2, -0.15) is 13.2 Å². The van der Waals surface area contributed by atoms with E-state index in [1.807, 2.05) is 0 Å². The lowest BCUT2D eigenvalue weighted by molar-refractivity contribution is -0.157. The second-order valence-corrected chi connectivity index (χ2v) is 3.65. The van der Waals surface area contributed by atoms with Crippen LogP contribution in [-0.2, 0) is 0 Å². The summed E-state index contributed by atoms with van der Waals surface area (Å²) in [7, 11) is 0. The molecule has 0 bridgehead atoms. The summed E-state index contributed by atoms with van der Waals surface area (Å²) in [6.45, 7) is 0.253. The number of hydrogen-bond acceptors (Lipinski definition) is 1. The van der Waals surface area contributed by atoms with Crippen molar-refractivity contribution >= 4 is 0 Å². The third-order valence-electron chi connectivity index (χ3n) is 2.31. The van der Waals surface area contributed by atoms with Crippen molar-refractivity contribution in [3.05, 3.63) is 35.9 Å². The molecule has 1 N–H and O–H groups in total. The van der Waals surface area contributed by atoms with Crippen LogP contribution < -0.4 is 5.32 Å². The molecule has 0 radical (unpaired) electrons. The van der Waals surface area contributed by atoms with Crippen molar-refractivity contribution < 1.29 is 13.2 Å². The second-order valence-electron chi connectivity index (χ2n) is 3.65. The first kappa shape index (κ1) is 13.6. The highest BCUT2D eigenvalue weighted by Crippen LogP contribution is 2.32. The Morgan fingerprint density at radius 3 is 2.41 bits per heavy atom. The topological polar surface area (TPSA) is 12.0 Å². The van der Waals surface area contributed by atoms with Gasteiger partial charge >= 0.3 is 6.18 Å². The van der Waals surface area contributed by atoms with Gasteiger partial charge < -0.3 is 5.32 Å². The molecule has 1 rings (SSSR count). The van der Waals surface area contributed by atoms with Gasteiger partial charge in [-0.3, -0.25) is 0 Å². The molecule has 4 heteroatoms. The maximum atomic E-state index is 12.8. The summed E-state index contributed by atoms with van der Waals surface area (Å²) in [5.74, 6) is 2.40. The van der Waals surface area contributed by atoms with Crippen molar-refractivity contribution in [2.24, 2.45) is 0 Å². The molecular weight excluding hydrogens is 227 g/mol. The number of halogens is 3. The molecule has 0 amide bonds. The molecule has 0 saturated carbocycles. The van der Waals surface area contributed by atoms with Crippen molar-refractivity contribution in [2.45, 2.75) is 25.1 Å². The minimum absolute atomic E-state index is 0.223. The molecule has 1 nitrogen and oxygen atoms in total. The van der Waals surface area contributed by atoms with Gasteiger partial charge in [0.15, 0.2) is 0 Å². The minimum Gasteiger partial charge on any atom is -0.302 e. The average Bonchev–Trinajstić information content (AvgIpc) is 2.28. The van der Waals surface area contributed by atoms with E-state index in [2.05, 4.69) is 11.2 Å². The van der Waals surface area contributed by atoms with E-state index < -0.39 is 12.2 Å². The molecule has 0 saturated heterocycles. The fraction of sp³-hybridized carbons (Fsp3) is 0.385. The van der Waals surface area contributed by atoms with E-state index in [-0.39, 0.29) is 12.1 Å². The molecule has 0 aromatic heterocycles. The van der Waals surface area contributed by atoms with Crippen molar-refractivity contribution in [1.82, 2.24) is 5.32 Å². The van der Waals surface area contributed by atoms with Crippen molar-refractivity contribution in [3.63, 3.8) is 0 Å². The van der Waals surface area contributed by atoms with Crippen molar-refractivity contribution in [2.75, 3.05) is 6.54 Å². The first-order chi connectivity index (χ1) is 8.05. The summed E-state index contributed by atoms with van der Waals surface area (Å²) in [4.78, 5) is 0. The van der Waals surface area contributed by atoms with Crippen LogP contribution >= 0.6 is 0 Å². The standard InChI is InChI=1S/C13H14F3N/c1-2-3-7-10-17-12(13(14,15)16)11-8-5-4-6-9-11/h1,4-6,8-9,12,17H,3,7,10H2. The summed E-state index contributed by atoms with van der Waals surface area (Å²) >= 11 is 0. The number of nitrogens with one attached hydrogen (secondary N) is 1. The molecule has 0 spiro atoms. The predicted octanol–water partition coefficient (Wildman–Crippen LogP) is 3.29. The fourth-order valence-electron chi connectivity index (χ4n) is 1.50. The van der Waals surface area contributed by atoms with E-state index in [0.717, 1.165) is 0 Å². The van der Waals surface area contributed by atoms with Crippen molar-refractivity contribution in [3.8, 4) is 12.3 Å². The number of hydrogen-bond donors (Lipinski definition) is 1. The first-order valence-corrected chi connectivity index (χ1v) is 5.34. The van der Waals surface area contributed by atoms with Gasteiger partial charge in [0.05, 0.1) is 0 Å². The molecule has 1 unspecified atom stereocenters. The summed E-state index contributed by atoms with van der Waals surface area (Å²) in [5, 5.41) is 2.49. The number of terminal acetylenes is 1. The highest BCUT2D eigenvalue weighted by atomic mass is 19.4. The van der Waals surface area contributed by atoms with Gasteiger partial charge in [-0.1, -0.05) is 30.3 Å². The lowest BCUT2D eigenvalue weighted by atomic mass is 10.1. The number of benzene rings is 1. The Morgan fingerprint density at radius 1 is 1.24 bits per heavy atom. The summed E-state index contributed by atoms with van der Waals surface area (Å²) in [6.07, 6.45) is 1.76. The Hall–Kier alpha value is -1.47. The van der Waals surface area contributed by atoms with Gasteiger partial charge in [0.2, 0.25) is 0 Å². The Kier molecular flexibility index (Phi) is 5.05. The van der Waals surface area contributed by atoms with Crippen LogP contribution in [0.4, 0.5) is 13.2 Å². The molecule has 0 heterocycles. The maximum Gasteiger partial charge on any atom is 0.407 e. The quantitative estimate of drug-likeness (QED) is 0.616. The predicted molar refractivity (Wildman–Crippen MR) is 61.3 cm³/mol. The molecule has 1 aromatic rings. The summed E-state index contributed by atoms with van der Waals surface area (Å²) in [5.41, 5.74) is 0.223. The summed E-state index contributed by atoms with van der Waals surface area (Å²) in [6, 6.07) is 6.18. The van der Waals surface area contributed by atoms with Crippen LogP contribution in [0.5, 0.6) is 0 Å². The molecule has 92 valence electrons. The molecule has 17 heavy (non-hydrogen) atoms. The zero-order chi connectivity index (χ0) is 12.7. The van der Waals surface area contributed by atoms with Crippen LogP contribution in [-0.4, -0.2) is 12.7 Å². The zero-order valence-electron chi connectivity index (χ0n) is 9.30. The molecular formula is C13H14F3N. The van der Waals surface area contributed by atoms with Crippen LogP contribution in [0.1, 0.15) is 24.4 Å². The monoisotopic (exact) mass is 241 g/mol. The second kappa shape index (κ2) is 6.31. The Labute approximate surface area is 99.0 Å². The normalized spacial score (nSPS) is 13.1. The largest absolute Gasteiger partial charge is 0.407 e. The average molecular weight is 241 g/mol. The highest BCUT2D eigenvalue weighted by Gasteiger charge is 2.40. The molecule has 1 atom stereocenters. The van der Waals surface area contributed by atoms with Gasteiger partial charge in [-0.25, -0.2) is 0 Å². The minimum atomic E-state index is -4.29. The lowest BCUT2D eigenvalue weighted by Gasteiger charge is -2.21. The molecule has 0 aliphatic heterocycles. The van der Waals surface area contributed by atoms with Gasteiger partial charge in [0.1, 0.15) is 6.04 Å². The number of alkyl halides is 3. The van der Waals surface area contributed by atoms with Gasteiger partial charge in [-0.15, -0.1) is 12.3 Å². The van der Waals surface area contributed by atoms with E-state index >= 15 is 0 Å². The van der Waals surface area contributed by atoms with E-state index in [4.69, 9.17) is 6.42 Å². The van der Waals surface area contributed by atoms with E-state index in [0.29, 0.717) is 12.8 Å². The third-order valence-corrected chi connectivity index (χ3v) is 2.31. The van der Waals surface area contributed by atoms with Crippen LogP contribution in [0.15, 0.2) is 30.3 Å². The molecule has 0 fully saturated rings. The Morgan fingerprint density at radius 2 is 1.88 bits per heavy atom. The van der Waals surface area contributed by atoms with Crippen molar-refractivity contribution in [1.29, 1.82) is 0 Å². The lowest BCUT2D eigenvalue weighted by Crippen LogP contribution is -2.34. The third kappa shape index (κ3) is 4.49. The Balaban J connectivity index is 2.67. The SMILES string of the molecule is C#CCCCNC(c1ccccc1)C(F)(F)F. The fourth-order valence-corrected chi connectivity index (χ4v) is 1.50. The van der Waals surface area contributed by atoms with E-state index in [1.165, 1.54) is 12.1 Å². The maximum absolute atomic E-state index is 12.8. The van der Waals surface area contributed by atoms with Crippen LogP contribution in [0, 0.1) is 12.3 Å². The zero-order valence-corrected chi connectivity index (χ0v) is 9.30. The van der Waals surface area contributed by atoms with E-state index in [1.54, 1.807) is 18.2 Å². The smallest absolute Gasteiger partial charge is 0.302 e. The molecule has 0 aliphatic carbocycles. The van der Waals surface area contributed by atoms with Crippen LogP contribution in [0.25, 0.3) is 0 Å². The molecule has 1 aromatic carbocycles.